The van der Waals surface area contributed by atoms with Gasteiger partial charge in [0.15, 0.2) is 0 Å². The topological polar surface area (TPSA) is 12.0 Å². The van der Waals surface area contributed by atoms with Crippen LogP contribution in [0, 0.1) is 5.41 Å². The first-order valence-corrected chi connectivity index (χ1v) is 4.06. The van der Waals surface area contributed by atoms with Crippen LogP contribution in [0.2, 0.25) is 0 Å². The Balaban J connectivity index is 3.38. The molecule has 4 heteroatoms. The Hall–Kier alpha value is 0.110. The Labute approximate surface area is 71.1 Å². The monoisotopic (exact) mass is 185 g/mol. The quantitative estimate of drug-likeness (QED) is 0.647. The van der Waals surface area contributed by atoms with Gasteiger partial charge in [0.1, 0.15) is 0 Å². The smallest absolute Gasteiger partial charge is 0.250 e. The molecule has 0 unspecified atom stereocenters. The maximum Gasteiger partial charge on any atom is 0.250 e. The maximum absolute atomic E-state index is 11.6. The van der Waals surface area contributed by atoms with Gasteiger partial charge in [-0.15, -0.1) is 11.6 Å². The fraction of sp³-hybridized carbons (Fsp3) is 1.00. The molecule has 0 aliphatic heterocycles. The molecule has 0 atom stereocenters. The highest BCUT2D eigenvalue weighted by molar-refractivity contribution is 6.18. The third-order valence-corrected chi connectivity index (χ3v) is 1.99. The minimum Gasteiger partial charge on any atom is -0.311 e. The molecule has 0 radical (unpaired) electrons. The van der Waals surface area contributed by atoms with E-state index in [4.69, 9.17) is 11.6 Å². The summed E-state index contributed by atoms with van der Waals surface area (Å²) in [5.41, 5.74) is -0.101. The SMILES string of the molecule is CC(C)(CCl)CNCC(F)F. The summed E-state index contributed by atoms with van der Waals surface area (Å²) in [6.45, 7) is 4.14. The second kappa shape index (κ2) is 4.88. The highest BCUT2D eigenvalue weighted by Gasteiger charge is 2.16. The molecular formula is C7H14ClF2N. The molecule has 0 bridgehead atoms. The van der Waals surface area contributed by atoms with Gasteiger partial charge in [-0.05, 0) is 5.41 Å². The molecule has 0 saturated heterocycles. The van der Waals surface area contributed by atoms with Crippen molar-refractivity contribution in [1.82, 2.24) is 5.32 Å². The van der Waals surface area contributed by atoms with Crippen LogP contribution in [-0.4, -0.2) is 25.4 Å². The minimum absolute atomic E-state index is 0.101. The Morgan fingerprint density at radius 2 is 2.00 bits per heavy atom. The van der Waals surface area contributed by atoms with Gasteiger partial charge in [0.05, 0.1) is 6.54 Å². The van der Waals surface area contributed by atoms with E-state index in [2.05, 4.69) is 5.32 Å². The molecule has 1 nitrogen and oxygen atoms in total. The number of hydrogen-bond donors (Lipinski definition) is 1. The van der Waals surface area contributed by atoms with Gasteiger partial charge in [0, 0.05) is 12.4 Å². The van der Waals surface area contributed by atoms with Crippen molar-refractivity contribution in [3.05, 3.63) is 0 Å². The lowest BCUT2D eigenvalue weighted by Gasteiger charge is -2.21. The van der Waals surface area contributed by atoms with Crippen LogP contribution in [0.15, 0.2) is 0 Å². The molecule has 68 valence electrons. The predicted octanol–water partition coefficient (Wildman–Crippen LogP) is 2.11. The second-order valence-corrected chi connectivity index (χ2v) is 3.59. The van der Waals surface area contributed by atoms with E-state index in [1.54, 1.807) is 0 Å². The molecule has 0 aromatic heterocycles. The Morgan fingerprint density at radius 1 is 1.45 bits per heavy atom. The van der Waals surface area contributed by atoms with E-state index in [9.17, 15) is 8.78 Å². The fourth-order valence-electron chi connectivity index (χ4n) is 0.567. The van der Waals surface area contributed by atoms with Crippen molar-refractivity contribution < 1.29 is 8.78 Å². The first-order valence-electron chi connectivity index (χ1n) is 3.53. The minimum atomic E-state index is -2.28. The molecule has 0 aliphatic carbocycles. The van der Waals surface area contributed by atoms with Gasteiger partial charge in [-0.25, -0.2) is 8.78 Å². The molecule has 0 amide bonds. The van der Waals surface area contributed by atoms with Crippen molar-refractivity contribution >= 4 is 11.6 Å². The normalized spacial score (nSPS) is 12.5. The van der Waals surface area contributed by atoms with Crippen LogP contribution in [0.4, 0.5) is 8.78 Å². The average Bonchev–Trinajstić information content (AvgIpc) is 1.87. The Kier molecular flexibility index (Phi) is 4.93. The zero-order valence-electron chi connectivity index (χ0n) is 6.83. The lowest BCUT2D eigenvalue weighted by Crippen LogP contribution is -2.33. The van der Waals surface area contributed by atoms with E-state index in [0.29, 0.717) is 12.4 Å². The molecule has 0 rings (SSSR count). The second-order valence-electron chi connectivity index (χ2n) is 3.32. The standard InChI is InChI=1S/C7H14ClF2N/c1-7(2,4-8)5-11-3-6(9)10/h6,11H,3-5H2,1-2H3. The predicted molar refractivity (Wildman–Crippen MR) is 43.4 cm³/mol. The van der Waals surface area contributed by atoms with E-state index in [0.717, 1.165) is 0 Å². The molecule has 0 saturated carbocycles. The molecular weight excluding hydrogens is 172 g/mol. The van der Waals surface area contributed by atoms with Crippen LogP contribution in [0.1, 0.15) is 13.8 Å². The van der Waals surface area contributed by atoms with Crippen molar-refractivity contribution in [2.75, 3.05) is 19.0 Å². The van der Waals surface area contributed by atoms with Crippen LogP contribution < -0.4 is 5.32 Å². The lowest BCUT2D eigenvalue weighted by molar-refractivity contribution is 0.142. The van der Waals surface area contributed by atoms with Gasteiger partial charge in [-0.3, -0.25) is 0 Å². The summed E-state index contributed by atoms with van der Waals surface area (Å²) < 4.78 is 23.2. The van der Waals surface area contributed by atoms with Crippen LogP contribution in [0.25, 0.3) is 0 Å². The number of halogens is 3. The third-order valence-electron chi connectivity index (χ3n) is 1.26. The first-order chi connectivity index (χ1) is 4.98. The van der Waals surface area contributed by atoms with Crippen molar-refractivity contribution in [2.45, 2.75) is 20.3 Å². The average molecular weight is 186 g/mol. The van der Waals surface area contributed by atoms with Gasteiger partial charge in [-0.1, -0.05) is 13.8 Å². The highest BCUT2D eigenvalue weighted by atomic mass is 35.5. The van der Waals surface area contributed by atoms with E-state index in [1.165, 1.54) is 0 Å². The number of alkyl halides is 3. The Bertz CT molecular complexity index is 107. The van der Waals surface area contributed by atoms with Crippen LogP contribution in [0.3, 0.4) is 0 Å². The lowest BCUT2D eigenvalue weighted by atomic mass is 9.97. The summed E-state index contributed by atoms with van der Waals surface area (Å²) in [6.07, 6.45) is -2.28. The molecule has 0 aromatic carbocycles. The zero-order chi connectivity index (χ0) is 8.91. The van der Waals surface area contributed by atoms with Crippen molar-refractivity contribution in [1.29, 1.82) is 0 Å². The molecule has 0 heterocycles. The van der Waals surface area contributed by atoms with Crippen LogP contribution >= 0.6 is 11.6 Å². The largest absolute Gasteiger partial charge is 0.311 e. The van der Waals surface area contributed by atoms with E-state index < -0.39 is 6.43 Å². The summed E-state index contributed by atoms with van der Waals surface area (Å²) in [5.74, 6) is 0.475. The number of rotatable bonds is 5. The fourth-order valence-corrected chi connectivity index (χ4v) is 0.661. The molecule has 11 heavy (non-hydrogen) atoms. The molecule has 1 N–H and O–H groups in total. The first kappa shape index (κ1) is 11.1. The number of nitrogens with one attached hydrogen (secondary N) is 1. The third kappa shape index (κ3) is 6.51. The number of hydrogen-bond acceptors (Lipinski definition) is 1. The van der Waals surface area contributed by atoms with Crippen molar-refractivity contribution in [2.24, 2.45) is 5.41 Å². The molecule has 0 fully saturated rings. The molecule has 0 aliphatic rings. The van der Waals surface area contributed by atoms with Crippen LogP contribution in [0.5, 0.6) is 0 Å². The summed E-state index contributed by atoms with van der Waals surface area (Å²) in [7, 11) is 0. The zero-order valence-corrected chi connectivity index (χ0v) is 7.59. The van der Waals surface area contributed by atoms with Gasteiger partial charge >= 0.3 is 0 Å². The van der Waals surface area contributed by atoms with Gasteiger partial charge in [0.2, 0.25) is 0 Å². The van der Waals surface area contributed by atoms with Gasteiger partial charge in [-0.2, -0.15) is 0 Å². The summed E-state index contributed by atoms with van der Waals surface area (Å²) in [4.78, 5) is 0. The highest BCUT2D eigenvalue weighted by Crippen LogP contribution is 2.14. The van der Waals surface area contributed by atoms with E-state index in [1.807, 2.05) is 13.8 Å². The summed E-state index contributed by atoms with van der Waals surface area (Å²) in [5, 5.41) is 2.64. The molecule has 0 spiro atoms. The maximum atomic E-state index is 11.6. The van der Waals surface area contributed by atoms with Crippen LogP contribution in [-0.2, 0) is 0 Å². The van der Waals surface area contributed by atoms with E-state index >= 15 is 0 Å². The molecule has 0 aromatic rings. The summed E-state index contributed by atoms with van der Waals surface area (Å²) >= 11 is 5.58. The Morgan fingerprint density at radius 3 is 2.36 bits per heavy atom. The van der Waals surface area contributed by atoms with Crippen molar-refractivity contribution in [3.8, 4) is 0 Å². The van der Waals surface area contributed by atoms with Crippen molar-refractivity contribution in [3.63, 3.8) is 0 Å². The van der Waals surface area contributed by atoms with E-state index in [-0.39, 0.29) is 12.0 Å². The van der Waals surface area contributed by atoms with Gasteiger partial charge in [0.25, 0.3) is 6.43 Å². The van der Waals surface area contributed by atoms with Gasteiger partial charge < -0.3 is 5.32 Å². The summed E-state index contributed by atoms with van der Waals surface area (Å²) in [6, 6.07) is 0.